The van der Waals surface area contributed by atoms with Gasteiger partial charge in [-0.2, -0.15) is 0 Å². The van der Waals surface area contributed by atoms with Crippen LogP contribution in [-0.2, 0) is 11.3 Å². The highest BCUT2D eigenvalue weighted by Crippen LogP contribution is 2.40. The zero-order valence-corrected chi connectivity index (χ0v) is 17.8. The van der Waals surface area contributed by atoms with Crippen molar-refractivity contribution in [3.63, 3.8) is 0 Å². The molecule has 1 atom stereocenters. The van der Waals surface area contributed by atoms with Gasteiger partial charge in [0, 0.05) is 24.4 Å². The molecule has 1 saturated heterocycles. The number of hydrogen-bond acceptors (Lipinski definition) is 3. The number of carbonyl (C=O) groups excluding carboxylic acids is 1. The molecule has 0 radical (unpaired) electrons. The average Bonchev–Trinajstić information content (AvgIpc) is 2.69. The number of likely N-dealkylation sites (tertiary alicyclic amines) is 1. The van der Waals surface area contributed by atoms with Crippen LogP contribution in [0.3, 0.4) is 0 Å². The maximum atomic E-state index is 13.1. The Morgan fingerprint density at radius 1 is 1.14 bits per heavy atom. The number of rotatable bonds is 4. The van der Waals surface area contributed by atoms with Gasteiger partial charge in [-0.1, -0.05) is 48.0 Å². The standard InChI is InChI=1S/C25H32N2O2/c1-18-9-10-23-21(15-18)22(16-25(2,3)29-23)26-24(28)20-11-13-27(14-12-20)17-19-7-5-4-6-8-19/h4-10,15,20,22H,11-14,16-17H2,1-3H3,(H,26,28)/t22-/m0/s1. The summed E-state index contributed by atoms with van der Waals surface area (Å²) < 4.78 is 6.14. The second kappa shape index (κ2) is 8.19. The highest BCUT2D eigenvalue weighted by molar-refractivity contribution is 5.79. The number of aryl methyl sites for hydroxylation is 1. The van der Waals surface area contributed by atoms with Gasteiger partial charge in [-0.25, -0.2) is 0 Å². The van der Waals surface area contributed by atoms with E-state index in [1.807, 2.05) is 6.07 Å². The molecule has 0 aliphatic carbocycles. The molecule has 0 saturated carbocycles. The van der Waals surface area contributed by atoms with Gasteiger partial charge in [-0.05, 0) is 58.3 Å². The number of fused-ring (bicyclic) bond motifs is 1. The Labute approximate surface area is 174 Å². The molecule has 0 spiro atoms. The van der Waals surface area contributed by atoms with Crippen molar-refractivity contribution < 1.29 is 9.53 Å². The van der Waals surface area contributed by atoms with Crippen molar-refractivity contribution in [2.24, 2.45) is 5.92 Å². The third-order valence-electron chi connectivity index (χ3n) is 6.15. The largest absolute Gasteiger partial charge is 0.487 e. The highest BCUT2D eigenvalue weighted by atomic mass is 16.5. The molecule has 154 valence electrons. The predicted octanol–water partition coefficient (Wildman–Crippen LogP) is 4.63. The maximum absolute atomic E-state index is 13.1. The number of benzene rings is 2. The zero-order chi connectivity index (χ0) is 20.4. The molecule has 0 bridgehead atoms. The molecule has 4 rings (SSSR count). The van der Waals surface area contributed by atoms with Gasteiger partial charge in [0.05, 0.1) is 6.04 Å². The molecule has 2 aromatic rings. The molecule has 2 aromatic carbocycles. The van der Waals surface area contributed by atoms with Crippen LogP contribution < -0.4 is 10.1 Å². The van der Waals surface area contributed by atoms with Gasteiger partial charge in [0.2, 0.25) is 5.91 Å². The van der Waals surface area contributed by atoms with Gasteiger partial charge in [0.25, 0.3) is 0 Å². The van der Waals surface area contributed by atoms with Crippen LogP contribution in [0.15, 0.2) is 48.5 Å². The molecule has 2 aliphatic heterocycles. The summed E-state index contributed by atoms with van der Waals surface area (Å²) in [7, 11) is 0. The second-order valence-electron chi connectivity index (χ2n) is 9.20. The van der Waals surface area contributed by atoms with E-state index in [1.54, 1.807) is 0 Å². The summed E-state index contributed by atoms with van der Waals surface area (Å²) in [5, 5.41) is 3.35. The topological polar surface area (TPSA) is 41.6 Å². The molecule has 1 fully saturated rings. The summed E-state index contributed by atoms with van der Waals surface area (Å²) >= 11 is 0. The van der Waals surface area contributed by atoms with E-state index in [0.717, 1.165) is 50.2 Å². The van der Waals surface area contributed by atoms with Crippen LogP contribution in [0.2, 0.25) is 0 Å². The zero-order valence-electron chi connectivity index (χ0n) is 17.8. The van der Waals surface area contributed by atoms with E-state index in [4.69, 9.17) is 4.74 Å². The monoisotopic (exact) mass is 392 g/mol. The highest BCUT2D eigenvalue weighted by Gasteiger charge is 2.36. The summed E-state index contributed by atoms with van der Waals surface area (Å²) in [6.45, 7) is 9.19. The van der Waals surface area contributed by atoms with Crippen molar-refractivity contribution in [1.82, 2.24) is 10.2 Å². The van der Waals surface area contributed by atoms with Crippen LogP contribution in [0.5, 0.6) is 5.75 Å². The Balaban J connectivity index is 1.37. The number of hydrogen-bond donors (Lipinski definition) is 1. The Morgan fingerprint density at radius 2 is 1.86 bits per heavy atom. The van der Waals surface area contributed by atoms with Gasteiger partial charge < -0.3 is 10.1 Å². The van der Waals surface area contributed by atoms with Crippen LogP contribution in [0.1, 0.15) is 55.8 Å². The first kappa shape index (κ1) is 20.0. The first-order valence-electron chi connectivity index (χ1n) is 10.8. The molecule has 2 aliphatic rings. The fourth-order valence-corrected chi connectivity index (χ4v) is 4.59. The molecule has 1 N–H and O–H groups in total. The lowest BCUT2D eigenvalue weighted by atomic mass is 9.88. The van der Waals surface area contributed by atoms with Crippen LogP contribution >= 0.6 is 0 Å². The Hall–Kier alpha value is -2.33. The fraction of sp³-hybridized carbons (Fsp3) is 0.480. The molecule has 0 unspecified atom stereocenters. The molecular weight excluding hydrogens is 360 g/mol. The van der Waals surface area contributed by atoms with Crippen molar-refractivity contribution in [2.45, 2.75) is 58.2 Å². The SMILES string of the molecule is Cc1ccc2c(c1)[C@@H](NC(=O)C1CCN(Cc3ccccc3)CC1)CC(C)(C)O2. The van der Waals surface area contributed by atoms with Crippen LogP contribution in [0, 0.1) is 12.8 Å². The van der Waals surface area contributed by atoms with E-state index in [1.165, 1.54) is 11.1 Å². The minimum atomic E-state index is -0.279. The molecule has 2 heterocycles. The lowest BCUT2D eigenvalue weighted by Crippen LogP contribution is -2.45. The third kappa shape index (κ3) is 4.81. The number of nitrogens with one attached hydrogen (secondary N) is 1. The van der Waals surface area contributed by atoms with Gasteiger partial charge in [0.15, 0.2) is 0 Å². The Kier molecular flexibility index (Phi) is 5.64. The van der Waals surface area contributed by atoms with Crippen LogP contribution in [0.4, 0.5) is 0 Å². The quantitative estimate of drug-likeness (QED) is 0.825. The van der Waals surface area contributed by atoms with Crippen LogP contribution in [0.25, 0.3) is 0 Å². The number of piperidine rings is 1. The number of carbonyl (C=O) groups is 1. The molecular formula is C25H32N2O2. The summed E-state index contributed by atoms with van der Waals surface area (Å²) in [6.07, 6.45) is 2.64. The third-order valence-corrected chi connectivity index (χ3v) is 6.15. The summed E-state index contributed by atoms with van der Waals surface area (Å²) in [4.78, 5) is 15.5. The summed E-state index contributed by atoms with van der Waals surface area (Å²) in [5.74, 6) is 1.19. The Bertz CT molecular complexity index is 854. The second-order valence-corrected chi connectivity index (χ2v) is 9.20. The molecule has 4 nitrogen and oxygen atoms in total. The van der Waals surface area contributed by atoms with Crippen molar-refractivity contribution >= 4 is 5.91 Å². The van der Waals surface area contributed by atoms with Crippen molar-refractivity contribution in [1.29, 1.82) is 0 Å². The lowest BCUT2D eigenvalue weighted by Gasteiger charge is -2.39. The fourth-order valence-electron chi connectivity index (χ4n) is 4.59. The van der Waals surface area contributed by atoms with E-state index < -0.39 is 0 Å². The maximum Gasteiger partial charge on any atom is 0.223 e. The number of nitrogens with zero attached hydrogens (tertiary/aromatic N) is 1. The van der Waals surface area contributed by atoms with Gasteiger partial charge in [-0.3, -0.25) is 9.69 Å². The van der Waals surface area contributed by atoms with Gasteiger partial charge in [-0.15, -0.1) is 0 Å². The normalized spacial score (nSPS) is 21.8. The van der Waals surface area contributed by atoms with Crippen LogP contribution in [-0.4, -0.2) is 29.5 Å². The number of amides is 1. The number of ether oxygens (including phenoxy) is 1. The first-order chi connectivity index (χ1) is 13.9. The Morgan fingerprint density at radius 3 is 2.59 bits per heavy atom. The molecule has 29 heavy (non-hydrogen) atoms. The smallest absolute Gasteiger partial charge is 0.223 e. The van der Waals surface area contributed by atoms with Crippen molar-refractivity contribution in [3.8, 4) is 5.75 Å². The van der Waals surface area contributed by atoms with E-state index in [0.29, 0.717) is 0 Å². The minimum absolute atomic E-state index is 0.0171. The summed E-state index contributed by atoms with van der Waals surface area (Å²) in [6, 6.07) is 16.8. The van der Waals surface area contributed by atoms with Gasteiger partial charge >= 0.3 is 0 Å². The minimum Gasteiger partial charge on any atom is -0.487 e. The average molecular weight is 393 g/mol. The predicted molar refractivity (Wildman–Crippen MR) is 116 cm³/mol. The lowest BCUT2D eigenvalue weighted by molar-refractivity contribution is -0.127. The van der Waals surface area contributed by atoms with E-state index in [2.05, 4.69) is 73.5 Å². The van der Waals surface area contributed by atoms with E-state index in [9.17, 15) is 4.79 Å². The van der Waals surface area contributed by atoms with Gasteiger partial charge in [0.1, 0.15) is 11.4 Å². The molecule has 0 aromatic heterocycles. The van der Waals surface area contributed by atoms with E-state index in [-0.39, 0.29) is 23.5 Å². The summed E-state index contributed by atoms with van der Waals surface area (Å²) in [5.41, 5.74) is 3.37. The van der Waals surface area contributed by atoms with Crippen molar-refractivity contribution in [2.75, 3.05) is 13.1 Å². The molecule has 4 heteroatoms. The van der Waals surface area contributed by atoms with E-state index >= 15 is 0 Å². The molecule has 1 amide bonds. The first-order valence-corrected chi connectivity index (χ1v) is 10.8. The van der Waals surface area contributed by atoms with Crippen molar-refractivity contribution in [3.05, 3.63) is 65.2 Å².